The third kappa shape index (κ3) is 5.82. The molecule has 7 heteroatoms. The van der Waals surface area contributed by atoms with E-state index in [-0.39, 0.29) is 17.6 Å². The van der Waals surface area contributed by atoms with Crippen molar-refractivity contribution in [1.29, 1.82) is 0 Å². The fourth-order valence-corrected chi connectivity index (χ4v) is 4.77. The quantitative estimate of drug-likeness (QED) is 0.294. The van der Waals surface area contributed by atoms with Gasteiger partial charge in [0.1, 0.15) is 0 Å². The van der Waals surface area contributed by atoms with Crippen LogP contribution in [0.3, 0.4) is 0 Å². The maximum Gasteiger partial charge on any atom is 0.251 e. The summed E-state index contributed by atoms with van der Waals surface area (Å²) in [7, 11) is 0. The Bertz CT molecular complexity index is 1350. The molecule has 3 aromatic carbocycles. The second-order valence-electron chi connectivity index (χ2n) is 8.11. The molecule has 0 fully saturated rings. The zero-order valence-corrected chi connectivity index (χ0v) is 20.7. The van der Waals surface area contributed by atoms with Crippen LogP contribution in [0.1, 0.15) is 21.5 Å². The number of anilines is 1. The Morgan fingerprint density at radius 2 is 1.79 bits per heavy atom. The summed E-state index contributed by atoms with van der Waals surface area (Å²) in [6.45, 7) is 5.17. The molecule has 0 atom stereocenters. The van der Waals surface area contributed by atoms with Crippen LogP contribution in [-0.2, 0) is 11.3 Å². The van der Waals surface area contributed by atoms with Crippen molar-refractivity contribution in [3.63, 3.8) is 0 Å². The number of nitrogens with zero attached hydrogens (tertiary/aromatic N) is 1. The molecule has 0 aliphatic carbocycles. The predicted molar refractivity (Wildman–Crippen MR) is 141 cm³/mol. The van der Waals surface area contributed by atoms with Gasteiger partial charge >= 0.3 is 0 Å². The van der Waals surface area contributed by atoms with Crippen molar-refractivity contribution in [2.24, 2.45) is 0 Å². The molecule has 1 aromatic heterocycles. The van der Waals surface area contributed by atoms with Crippen LogP contribution in [0.4, 0.5) is 5.69 Å². The van der Waals surface area contributed by atoms with E-state index in [1.165, 1.54) is 17.3 Å². The molecule has 0 radical (unpaired) electrons. The van der Waals surface area contributed by atoms with Crippen molar-refractivity contribution in [2.75, 3.05) is 17.6 Å². The Labute approximate surface area is 208 Å². The molecule has 1 heterocycles. The maximum atomic E-state index is 12.5. The first kappa shape index (κ1) is 23.9. The highest BCUT2D eigenvalue weighted by Crippen LogP contribution is 2.30. The first-order valence-electron chi connectivity index (χ1n) is 11.0. The number of fused-ring (bicyclic) bond motifs is 1. The lowest BCUT2D eigenvalue weighted by Crippen LogP contribution is -2.27. The molecule has 174 valence electrons. The van der Waals surface area contributed by atoms with Crippen LogP contribution < -0.4 is 10.6 Å². The summed E-state index contributed by atoms with van der Waals surface area (Å²) in [6.07, 6.45) is 2.05. The number of nitrogens with one attached hydrogen (secondary N) is 2. The van der Waals surface area contributed by atoms with Gasteiger partial charge in [0.2, 0.25) is 5.91 Å². The van der Waals surface area contributed by atoms with E-state index in [1.807, 2.05) is 56.4 Å². The van der Waals surface area contributed by atoms with E-state index in [2.05, 4.69) is 27.3 Å². The van der Waals surface area contributed by atoms with Crippen molar-refractivity contribution >= 4 is 51.8 Å². The fraction of sp³-hybridized carbons (Fsp3) is 0.185. The molecule has 0 spiro atoms. The maximum absolute atomic E-state index is 12.5. The minimum atomic E-state index is -0.0928. The molecule has 0 saturated carbocycles. The van der Waals surface area contributed by atoms with Gasteiger partial charge in [0, 0.05) is 51.4 Å². The number of carbonyl (C=O) groups is 2. The molecule has 2 N–H and O–H groups in total. The normalized spacial score (nSPS) is 10.9. The van der Waals surface area contributed by atoms with Crippen molar-refractivity contribution in [3.8, 4) is 0 Å². The van der Waals surface area contributed by atoms with Crippen LogP contribution in [0, 0.1) is 13.8 Å². The summed E-state index contributed by atoms with van der Waals surface area (Å²) in [5.74, 6) is 0.112. The zero-order valence-electron chi connectivity index (χ0n) is 19.1. The second-order valence-corrected chi connectivity index (χ2v) is 9.56. The van der Waals surface area contributed by atoms with Crippen LogP contribution in [-0.4, -0.2) is 28.7 Å². The summed E-state index contributed by atoms with van der Waals surface area (Å²) in [4.78, 5) is 26.0. The molecule has 0 unspecified atom stereocenters. The molecule has 2 amide bonds. The summed E-state index contributed by atoms with van der Waals surface area (Å²) in [5.41, 5.74) is 4.69. The van der Waals surface area contributed by atoms with Gasteiger partial charge < -0.3 is 15.2 Å². The number of thioether (sulfide) groups is 1. The molecule has 34 heavy (non-hydrogen) atoms. The van der Waals surface area contributed by atoms with Gasteiger partial charge in [-0.1, -0.05) is 41.9 Å². The van der Waals surface area contributed by atoms with E-state index in [0.29, 0.717) is 29.4 Å². The lowest BCUT2D eigenvalue weighted by Gasteiger charge is -2.09. The number of para-hydroxylation sites is 1. The average Bonchev–Trinajstić information content (AvgIpc) is 3.17. The number of benzene rings is 3. The van der Waals surface area contributed by atoms with Crippen LogP contribution in [0.15, 0.2) is 77.8 Å². The second kappa shape index (κ2) is 10.8. The van der Waals surface area contributed by atoms with E-state index in [4.69, 9.17) is 11.6 Å². The van der Waals surface area contributed by atoms with E-state index in [9.17, 15) is 9.59 Å². The van der Waals surface area contributed by atoms with Crippen LogP contribution in [0.2, 0.25) is 5.02 Å². The molecular formula is C27H26ClN3O2S. The molecular weight excluding hydrogens is 466 g/mol. The number of hydrogen-bond donors (Lipinski definition) is 2. The van der Waals surface area contributed by atoms with Crippen molar-refractivity contribution in [1.82, 2.24) is 9.88 Å². The molecule has 0 aliphatic heterocycles. The highest BCUT2D eigenvalue weighted by Gasteiger charge is 2.12. The lowest BCUT2D eigenvalue weighted by molar-refractivity contribution is -0.113. The fourth-order valence-electron chi connectivity index (χ4n) is 3.69. The van der Waals surface area contributed by atoms with E-state index < -0.39 is 0 Å². The summed E-state index contributed by atoms with van der Waals surface area (Å²) in [6, 6.07) is 20.9. The Hall–Kier alpha value is -3.22. The standard InChI is InChI=1S/C27H26ClN3O2S/c1-18-10-11-20(14-19(18)2)27(33)29-12-13-31-16-25(23-8-3-4-9-24(23)31)34-17-26(32)30-22-7-5-6-21(28)15-22/h3-11,14-16H,12-13,17H2,1-2H3,(H,29,33)(H,30,32). The molecule has 0 aliphatic rings. The SMILES string of the molecule is Cc1ccc(C(=O)NCCn2cc(SCC(=O)Nc3cccc(Cl)c3)c3ccccc32)cc1C. The van der Waals surface area contributed by atoms with Gasteiger partial charge in [-0.2, -0.15) is 0 Å². The number of halogens is 1. The van der Waals surface area contributed by atoms with E-state index in [0.717, 1.165) is 21.4 Å². The highest BCUT2D eigenvalue weighted by molar-refractivity contribution is 8.00. The first-order valence-corrected chi connectivity index (χ1v) is 12.4. The molecule has 4 rings (SSSR count). The number of aromatic nitrogens is 1. The summed E-state index contributed by atoms with van der Waals surface area (Å²) < 4.78 is 2.12. The van der Waals surface area contributed by atoms with Gasteiger partial charge in [0.05, 0.1) is 5.75 Å². The Morgan fingerprint density at radius 1 is 0.971 bits per heavy atom. The van der Waals surface area contributed by atoms with E-state index in [1.54, 1.807) is 18.2 Å². The smallest absolute Gasteiger partial charge is 0.251 e. The Morgan fingerprint density at radius 3 is 2.59 bits per heavy atom. The minimum Gasteiger partial charge on any atom is -0.350 e. The van der Waals surface area contributed by atoms with Gasteiger partial charge in [0.25, 0.3) is 5.91 Å². The van der Waals surface area contributed by atoms with Crippen molar-refractivity contribution in [2.45, 2.75) is 25.3 Å². The number of carbonyl (C=O) groups excluding carboxylic acids is 2. The number of hydrogen-bond acceptors (Lipinski definition) is 3. The van der Waals surface area contributed by atoms with Gasteiger partial charge in [0.15, 0.2) is 0 Å². The van der Waals surface area contributed by atoms with Crippen LogP contribution in [0.5, 0.6) is 0 Å². The van der Waals surface area contributed by atoms with Crippen LogP contribution in [0.25, 0.3) is 10.9 Å². The third-order valence-electron chi connectivity index (χ3n) is 5.63. The van der Waals surface area contributed by atoms with Crippen molar-refractivity contribution in [3.05, 3.63) is 94.6 Å². The Kier molecular flexibility index (Phi) is 7.60. The molecule has 0 saturated heterocycles. The zero-order chi connectivity index (χ0) is 24.1. The molecule has 0 bridgehead atoms. The number of rotatable bonds is 8. The van der Waals surface area contributed by atoms with Crippen LogP contribution >= 0.6 is 23.4 Å². The van der Waals surface area contributed by atoms with Gasteiger partial charge in [-0.05, 0) is 61.4 Å². The average molecular weight is 492 g/mol. The Balaban J connectivity index is 1.38. The highest BCUT2D eigenvalue weighted by atomic mass is 35.5. The van der Waals surface area contributed by atoms with Crippen molar-refractivity contribution < 1.29 is 9.59 Å². The third-order valence-corrected chi connectivity index (χ3v) is 6.90. The van der Waals surface area contributed by atoms with E-state index >= 15 is 0 Å². The summed E-state index contributed by atoms with van der Waals surface area (Å²) in [5, 5.41) is 7.56. The topological polar surface area (TPSA) is 63.1 Å². The molecule has 5 nitrogen and oxygen atoms in total. The number of aryl methyl sites for hydroxylation is 2. The summed E-state index contributed by atoms with van der Waals surface area (Å²) >= 11 is 7.48. The monoisotopic (exact) mass is 491 g/mol. The molecule has 4 aromatic rings. The first-order chi connectivity index (χ1) is 16.4. The largest absolute Gasteiger partial charge is 0.350 e. The van der Waals surface area contributed by atoms with Gasteiger partial charge in [-0.3, -0.25) is 9.59 Å². The number of amides is 2. The predicted octanol–water partition coefficient (Wildman–Crippen LogP) is 6.07. The van der Waals surface area contributed by atoms with Gasteiger partial charge in [-0.15, -0.1) is 11.8 Å². The van der Waals surface area contributed by atoms with Gasteiger partial charge in [-0.25, -0.2) is 0 Å². The lowest BCUT2D eigenvalue weighted by atomic mass is 10.1. The minimum absolute atomic E-state index is 0.0770.